The van der Waals surface area contributed by atoms with Gasteiger partial charge in [0.2, 0.25) is 0 Å². The van der Waals surface area contributed by atoms with Crippen molar-refractivity contribution in [2.45, 2.75) is 10.8 Å². The Bertz CT molecular complexity index is 665. The van der Waals surface area contributed by atoms with Gasteiger partial charge in [0.15, 0.2) is 5.65 Å². The van der Waals surface area contributed by atoms with Gasteiger partial charge in [-0.1, -0.05) is 42.1 Å². The molecule has 6 heteroatoms. The molecule has 0 unspecified atom stereocenters. The SMILES string of the molecule is Nn1cnc2c(SCc3ccccc3)ncnc21. The summed E-state index contributed by atoms with van der Waals surface area (Å²) < 4.78 is 1.41. The van der Waals surface area contributed by atoms with Gasteiger partial charge >= 0.3 is 0 Å². The fourth-order valence-corrected chi connectivity index (χ4v) is 2.56. The van der Waals surface area contributed by atoms with Gasteiger partial charge in [0.25, 0.3) is 0 Å². The van der Waals surface area contributed by atoms with Crippen molar-refractivity contribution in [3.63, 3.8) is 0 Å². The zero-order valence-electron chi connectivity index (χ0n) is 9.52. The van der Waals surface area contributed by atoms with Crippen molar-refractivity contribution < 1.29 is 0 Å². The lowest BCUT2D eigenvalue weighted by atomic mass is 10.2. The van der Waals surface area contributed by atoms with Gasteiger partial charge in [-0.3, -0.25) is 0 Å². The molecule has 0 saturated heterocycles. The maximum Gasteiger partial charge on any atom is 0.182 e. The first-order chi connectivity index (χ1) is 8.84. The molecule has 90 valence electrons. The second kappa shape index (κ2) is 4.66. The highest BCUT2D eigenvalue weighted by Crippen LogP contribution is 2.25. The maximum atomic E-state index is 5.71. The highest BCUT2D eigenvalue weighted by molar-refractivity contribution is 7.98. The van der Waals surface area contributed by atoms with E-state index in [1.807, 2.05) is 18.2 Å². The predicted octanol–water partition coefficient (Wildman–Crippen LogP) is 1.83. The van der Waals surface area contributed by atoms with Gasteiger partial charge in [-0.15, -0.1) is 0 Å². The van der Waals surface area contributed by atoms with E-state index in [1.54, 1.807) is 18.1 Å². The molecule has 0 radical (unpaired) electrons. The standard InChI is InChI=1S/C12H11N5S/c13-17-8-16-10-11(17)14-7-15-12(10)18-6-9-4-2-1-3-5-9/h1-5,7-8H,6,13H2. The Morgan fingerprint density at radius 3 is 2.78 bits per heavy atom. The molecule has 3 aromatic rings. The third-order valence-corrected chi connectivity index (χ3v) is 3.59. The van der Waals surface area contributed by atoms with E-state index in [4.69, 9.17) is 5.84 Å². The van der Waals surface area contributed by atoms with Crippen molar-refractivity contribution >= 4 is 22.9 Å². The molecule has 0 aliphatic carbocycles. The number of hydrogen-bond acceptors (Lipinski definition) is 5. The summed E-state index contributed by atoms with van der Waals surface area (Å²) in [4.78, 5) is 12.6. The first kappa shape index (κ1) is 11.0. The quantitative estimate of drug-likeness (QED) is 0.440. The zero-order valence-corrected chi connectivity index (χ0v) is 10.3. The van der Waals surface area contributed by atoms with Crippen molar-refractivity contribution in [3.8, 4) is 0 Å². The largest absolute Gasteiger partial charge is 0.336 e. The Morgan fingerprint density at radius 1 is 1.11 bits per heavy atom. The number of hydrogen-bond donors (Lipinski definition) is 1. The minimum absolute atomic E-state index is 0.653. The molecule has 5 nitrogen and oxygen atoms in total. The average molecular weight is 257 g/mol. The second-order valence-corrected chi connectivity index (χ2v) is 4.74. The van der Waals surface area contributed by atoms with Crippen LogP contribution in [-0.4, -0.2) is 19.6 Å². The highest BCUT2D eigenvalue weighted by Gasteiger charge is 2.09. The van der Waals surface area contributed by atoms with Gasteiger partial charge in [0.05, 0.1) is 0 Å². The number of nitrogens with two attached hydrogens (primary N) is 1. The van der Waals surface area contributed by atoms with Crippen molar-refractivity contribution in [2.24, 2.45) is 0 Å². The summed E-state index contributed by atoms with van der Waals surface area (Å²) in [7, 11) is 0. The van der Waals surface area contributed by atoms with E-state index in [1.165, 1.54) is 16.6 Å². The lowest BCUT2D eigenvalue weighted by molar-refractivity contribution is 1.00. The van der Waals surface area contributed by atoms with Crippen molar-refractivity contribution in [2.75, 3.05) is 5.84 Å². The van der Waals surface area contributed by atoms with E-state index in [2.05, 4.69) is 27.1 Å². The van der Waals surface area contributed by atoms with Crippen LogP contribution in [0, 0.1) is 0 Å². The number of thioether (sulfide) groups is 1. The van der Waals surface area contributed by atoms with E-state index in [0.717, 1.165) is 16.3 Å². The Kier molecular flexibility index (Phi) is 2.85. The smallest absolute Gasteiger partial charge is 0.182 e. The van der Waals surface area contributed by atoms with Crippen molar-refractivity contribution in [3.05, 3.63) is 48.5 Å². The molecular formula is C12H11N5S. The minimum atomic E-state index is 0.653. The Labute approximate surface area is 108 Å². The van der Waals surface area contributed by atoms with Gasteiger partial charge in [-0.05, 0) is 5.56 Å². The molecule has 0 atom stereocenters. The fourth-order valence-electron chi connectivity index (χ4n) is 1.66. The predicted molar refractivity (Wildman–Crippen MR) is 71.5 cm³/mol. The molecule has 0 saturated carbocycles. The molecule has 18 heavy (non-hydrogen) atoms. The molecule has 2 aromatic heterocycles. The zero-order chi connectivity index (χ0) is 12.4. The van der Waals surface area contributed by atoms with Crippen LogP contribution in [0.25, 0.3) is 11.2 Å². The first-order valence-corrected chi connectivity index (χ1v) is 6.43. The fraction of sp³-hybridized carbons (Fsp3) is 0.0833. The van der Waals surface area contributed by atoms with E-state index >= 15 is 0 Å². The van der Waals surface area contributed by atoms with E-state index in [0.29, 0.717) is 5.65 Å². The van der Waals surface area contributed by atoms with Crippen molar-refractivity contribution in [1.29, 1.82) is 0 Å². The van der Waals surface area contributed by atoms with Crippen LogP contribution in [0.4, 0.5) is 0 Å². The van der Waals surface area contributed by atoms with Gasteiger partial charge < -0.3 is 5.84 Å². The number of nitrogen functional groups attached to an aromatic ring is 1. The molecule has 3 rings (SSSR count). The van der Waals surface area contributed by atoms with E-state index < -0.39 is 0 Å². The molecule has 0 aliphatic heterocycles. The summed E-state index contributed by atoms with van der Waals surface area (Å²) in [5.41, 5.74) is 2.66. The topological polar surface area (TPSA) is 69.6 Å². The lowest BCUT2D eigenvalue weighted by Crippen LogP contribution is -2.06. The molecular weight excluding hydrogens is 246 g/mol. The minimum Gasteiger partial charge on any atom is -0.336 e. The van der Waals surface area contributed by atoms with Crippen LogP contribution in [0.15, 0.2) is 48.0 Å². The number of benzene rings is 1. The van der Waals surface area contributed by atoms with Crippen molar-refractivity contribution in [1.82, 2.24) is 19.6 Å². The monoisotopic (exact) mass is 257 g/mol. The molecule has 0 amide bonds. The van der Waals surface area contributed by atoms with Crippen LogP contribution >= 0.6 is 11.8 Å². The van der Waals surface area contributed by atoms with Crippen LogP contribution in [0.1, 0.15) is 5.56 Å². The maximum absolute atomic E-state index is 5.71. The first-order valence-electron chi connectivity index (χ1n) is 5.44. The summed E-state index contributed by atoms with van der Waals surface area (Å²) in [6, 6.07) is 10.2. The summed E-state index contributed by atoms with van der Waals surface area (Å²) in [6.45, 7) is 0. The van der Waals surface area contributed by atoms with Gasteiger partial charge in [0, 0.05) is 5.75 Å². The third-order valence-electron chi connectivity index (χ3n) is 2.54. The number of rotatable bonds is 3. The summed E-state index contributed by atoms with van der Waals surface area (Å²) >= 11 is 1.63. The van der Waals surface area contributed by atoms with Crippen LogP contribution in [0.5, 0.6) is 0 Å². The summed E-state index contributed by atoms with van der Waals surface area (Å²) in [5, 5.41) is 0.855. The number of nitrogens with zero attached hydrogens (tertiary/aromatic N) is 4. The van der Waals surface area contributed by atoms with E-state index in [9.17, 15) is 0 Å². The molecule has 0 spiro atoms. The summed E-state index contributed by atoms with van der Waals surface area (Å²) in [5.74, 6) is 6.56. The molecule has 0 fully saturated rings. The highest BCUT2D eigenvalue weighted by atomic mass is 32.2. The van der Waals surface area contributed by atoms with Gasteiger partial charge in [-0.2, -0.15) is 0 Å². The van der Waals surface area contributed by atoms with E-state index in [-0.39, 0.29) is 0 Å². The van der Waals surface area contributed by atoms with Crippen LogP contribution in [0.2, 0.25) is 0 Å². The Balaban J connectivity index is 1.87. The Hall–Kier alpha value is -2.08. The number of fused-ring (bicyclic) bond motifs is 1. The van der Waals surface area contributed by atoms with Crippen LogP contribution < -0.4 is 5.84 Å². The third kappa shape index (κ3) is 2.02. The summed E-state index contributed by atoms with van der Waals surface area (Å²) in [6.07, 6.45) is 3.06. The molecule has 1 aromatic carbocycles. The lowest BCUT2D eigenvalue weighted by Gasteiger charge is -2.01. The Morgan fingerprint density at radius 2 is 1.94 bits per heavy atom. The molecule has 2 heterocycles. The molecule has 0 bridgehead atoms. The van der Waals surface area contributed by atoms with Gasteiger partial charge in [0.1, 0.15) is 23.2 Å². The second-order valence-electron chi connectivity index (χ2n) is 3.78. The number of imidazole rings is 1. The van der Waals surface area contributed by atoms with Crippen LogP contribution in [-0.2, 0) is 5.75 Å². The van der Waals surface area contributed by atoms with Crippen LogP contribution in [0.3, 0.4) is 0 Å². The molecule has 2 N–H and O–H groups in total. The normalized spacial score (nSPS) is 10.9. The van der Waals surface area contributed by atoms with Gasteiger partial charge in [-0.25, -0.2) is 19.6 Å². The number of aromatic nitrogens is 4. The molecule has 0 aliphatic rings. The average Bonchev–Trinajstić information content (AvgIpc) is 2.80.